The molecule has 0 bridgehead atoms. The summed E-state index contributed by atoms with van der Waals surface area (Å²) < 4.78 is 0. The van der Waals surface area contributed by atoms with E-state index in [1.54, 1.807) is 0 Å². The Morgan fingerprint density at radius 3 is 2.60 bits per heavy atom. The first-order chi connectivity index (χ1) is 6.85. The molecule has 3 nitrogen and oxygen atoms in total. The number of terminal acetylenes is 1. The number of amides is 1. The summed E-state index contributed by atoms with van der Waals surface area (Å²) in [6, 6.07) is -0.0733. The molecule has 3 N–H and O–H groups in total. The lowest BCUT2D eigenvalue weighted by atomic mass is 9.87. The van der Waals surface area contributed by atoms with Gasteiger partial charge in [0.25, 0.3) is 0 Å². The number of carbonyl (C=O) groups is 1. The first kappa shape index (κ1) is 14.0. The summed E-state index contributed by atoms with van der Waals surface area (Å²) >= 11 is 0. The Morgan fingerprint density at radius 2 is 2.13 bits per heavy atom. The Labute approximate surface area is 92.8 Å². The largest absolute Gasteiger partial charge is 0.355 e. The molecule has 0 heterocycles. The maximum Gasteiger partial charge on any atom is 0.221 e. The van der Waals surface area contributed by atoms with Crippen molar-refractivity contribution >= 4 is 5.91 Å². The van der Waals surface area contributed by atoms with Gasteiger partial charge in [0.1, 0.15) is 0 Å². The maximum atomic E-state index is 11.4. The smallest absolute Gasteiger partial charge is 0.221 e. The van der Waals surface area contributed by atoms with Crippen LogP contribution in [0.3, 0.4) is 0 Å². The van der Waals surface area contributed by atoms with Crippen LogP contribution in [0.1, 0.15) is 40.0 Å². The first-order valence-corrected chi connectivity index (χ1v) is 5.31. The number of carbonyl (C=O) groups excluding carboxylic acids is 1. The Bertz CT molecular complexity index is 235. The average molecular weight is 210 g/mol. The van der Waals surface area contributed by atoms with Crippen LogP contribution in [0.2, 0.25) is 0 Å². The van der Waals surface area contributed by atoms with E-state index in [0.717, 1.165) is 6.42 Å². The number of nitrogens with one attached hydrogen (secondary N) is 1. The molecule has 0 aromatic rings. The first-order valence-electron chi connectivity index (χ1n) is 5.31. The zero-order valence-electron chi connectivity index (χ0n) is 9.97. The molecule has 0 aliphatic heterocycles. The van der Waals surface area contributed by atoms with E-state index in [2.05, 4.69) is 32.0 Å². The summed E-state index contributed by atoms with van der Waals surface area (Å²) in [6.45, 7) is 6.88. The number of hydrogen-bond donors (Lipinski definition) is 2. The summed E-state index contributed by atoms with van der Waals surface area (Å²) in [5.41, 5.74) is 6.03. The van der Waals surface area contributed by atoms with Gasteiger partial charge in [0.15, 0.2) is 0 Å². The highest BCUT2D eigenvalue weighted by Gasteiger charge is 2.17. The van der Waals surface area contributed by atoms with Crippen molar-refractivity contribution in [3.63, 3.8) is 0 Å². The zero-order chi connectivity index (χ0) is 11.9. The molecule has 0 spiro atoms. The monoisotopic (exact) mass is 210 g/mol. The van der Waals surface area contributed by atoms with E-state index in [9.17, 15) is 4.79 Å². The fourth-order valence-corrected chi connectivity index (χ4v) is 1.44. The second kappa shape index (κ2) is 6.47. The third-order valence-electron chi connectivity index (χ3n) is 1.91. The summed E-state index contributed by atoms with van der Waals surface area (Å²) in [4.78, 5) is 11.4. The molecule has 1 atom stereocenters. The van der Waals surface area contributed by atoms with Gasteiger partial charge >= 0.3 is 0 Å². The van der Waals surface area contributed by atoms with Crippen molar-refractivity contribution in [1.29, 1.82) is 0 Å². The topological polar surface area (TPSA) is 55.1 Å². The molecule has 86 valence electrons. The molecule has 1 amide bonds. The molecule has 0 aromatic carbocycles. The fourth-order valence-electron chi connectivity index (χ4n) is 1.44. The highest BCUT2D eigenvalue weighted by Crippen LogP contribution is 2.20. The second-order valence-corrected chi connectivity index (χ2v) is 5.03. The van der Waals surface area contributed by atoms with E-state index in [-0.39, 0.29) is 17.4 Å². The van der Waals surface area contributed by atoms with E-state index in [1.807, 2.05) is 0 Å². The molecular weight excluding hydrogens is 188 g/mol. The SMILES string of the molecule is C#CCCNC(=O)CC(N)CC(C)(C)C. The van der Waals surface area contributed by atoms with Crippen LogP contribution >= 0.6 is 0 Å². The van der Waals surface area contributed by atoms with Gasteiger partial charge < -0.3 is 11.1 Å². The van der Waals surface area contributed by atoms with Gasteiger partial charge in [0.05, 0.1) is 0 Å². The van der Waals surface area contributed by atoms with Crippen LogP contribution in [-0.2, 0) is 4.79 Å². The minimum atomic E-state index is -0.0733. The van der Waals surface area contributed by atoms with Crippen LogP contribution in [-0.4, -0.2) is 18.5 Å². The van der Waals surface area contributed by atoms with Crippen LogP contribution in [0.5, 0.6) is 0 Å². The van der Waals surface area contributed by atoms with E-state index >= 15 is 0 Å². The molecule has 3 heteroatoms. The summed E-state index contributed by atoms with van der Waals surface area (Å²) in [6.07, 6.45) is 6.86. The van der Waals surface area contributed by atoms with Gasteiger partial charge in [-0.1, -0.05) is 20.8 Å². The molecular formula is C12H22N2O. The standard InChI is InChI=1S/C12H22N2O/c1-5-6-7-14-11(15)8-10(13)9-12(2,3)4/h1,10H,6-9,13H2,2-4H3,(H,14,15). The van der Waals surface area contributed by atoms with Crippen molar-refractivity contribution < 1.29 is 4.79 Å². The lowest BCUT2D eigenvalue weighted by Gasteiger charge is -2.22. The maximum absolute atomic E-state index is 11.4. The minimum Gasteiger partial charge on any atom is -0.355 e. The van der Waals surface area contributed by atoms with Gasteiger partial charge in [-0.25, -0.2) is 0 Å². The van der Waals surface area contributed by atoms with Gasteiger partial charge in [0, 0.05) is 25.4 Å². The minimum absolute atomic E-state index is 0.0120. The van der Waals surface area contributed by atoms with Gasteiger partial charge in [-0.3, -0.25) is 4.79 Å². The molecule has 0 aromatic heterocycles. The van der Waals surface area contributed by atoms with Crippen molar-refractivity contribution in [2.45, 2.75) is 46.1 Å². The molecule has 0 fully saturated rings. The second-order valence-electron chi connectivity index (χ2n) is 5.03. The number of nitrogens with two attached hydrogens (primary N) is 1. The highest BCUT2D eigenvalue weighted by molar-refractivity contribution is 5.76. The fraction of sp³-hybridized carbons (Fsp3) is 0.750. The Hall–Kier alpha value is -1.01. The normalized spacial score (nSPS) is 13.0. The molecule has 0 aliphatic rings. The predicted molar refractivity (Wildman–Crippen MR) is 63.1 cm³/mol. The van der Waals surface area contributed by atoms with Crippen molar-refractivity contribution in [2.75, 3.05) is 6.54 Å². The Balaban J connectivity index is 3.73. The Morgan fingerprint density at radius 1 is 1.53 bits per heavy atom. The molecule has 0 rings (SSSR count). The quantitative estimate of drug-likeness (QED) is 0.530. The van der Waals surface area contributed by atoms with E-state index in [0.29, 0.717) is 19.4 Å². The van der Waals surface area contributed by atoms with Gasteiger partial charge in [0.2, 0.25) is 5.91 Å². The van der Waals surface area contributed by atoms with E-state index in [4.69, 9.17) is 12.2 Å². The van der Waals surface area contributed by atoms with Crippen molar-refractivity contribution in [2.24, 2.45) is 11.1 Å². The van der Waals surface area contributed by atoms with Crippen molar-refractivity contribution in [1.82, 2.24) is 5.32 Å². The molecule has 0 saturated carbocycles. The van der Waals surface area contributed by atoms with Gasteiger partial charge in [-0.15, -0.1) is 12.3 Å². The van der Waals surface area contributed by atoms with Gasteiger partial charge in [-0.2, -0.15) is 0 Å². The predicted octanol–water partition coefficient (Wildman–Crippen LogP) is 1.28. The summed E-state index contributed by atoms with van der Waals surface area (Å²) in [7, 11) is 0. The third kappa shape index (κ3) is 9.30. The zero-order valence-corrected chi connectivity index (χ0v) is 9.97. The van der Waals surface area contributed by atoms with Crippen molar-refractivity contribution in [3.05, 3.63) is 0 Å². The van der Waals surface area contributed by atoms with Crippen LogP contribution in [0.4, 0.5) is 0 Å². The molecule has 1 unspecified atom stereocenters. The average Bonchev–Trinajstić information content (AvgIpc) is 2.00. The van der Waals surface area contributed by atoms with Crippen LogP contribution in [0, 0.1) is 17.8 Å². The lowest BCUT2D eigenvalue weighted by molar-refractivity contribution is -0.121. The van der Waals surface area contributed by atoms with Crippen molar-refractivity contribution in [3.8, 4) is 12.3 Å². The van der Waals surface area contributed by atoms with E-state index < -0.39 is 0 Å². The molecule has 0 aliphatic carbocycles. The molecule has 0 saturated heterocycles. The highest BCUT2D eigenvalue weighted by atomic mass is 16.1. The summed E-state index contributed by atoms with van der Waals surface area (Å²) in [5.74, 6) is 2.46. The molecule has 0 radical (unpaired) electrons. The third-order valence-corrected chi connectivity index (χ3v) is 1.91. The summed E-state index contributed by atoms with van der Waals surface area (Å²) in [5, 5.41) is 2.74. The van der Waals surface area contributed by atoms with E-state index in [1.165, 1.54) is 0 Å². The lowest BCUT2D eigenvalue weighted by Crippen LogP contribution is -2.34. The van der Waals surface area contributed by atoms with Crippen LogP contribution < -0.4 is 11.1 Å². The number of rotatable bonds is 5. The molecule has 15 heavy (non-hydrogen) atoms. The van der Waals surface area contributed by atoms with Gasteiger partial charge in [-0.05, 0) is 11.8 Å². The number of hydrogen-bond acceptors (Lipinski definition) is 2. The van der Waals surface area contributed by atoms with Crippen LogP contribution in [0.25, 0.3) is 0 Å². The Kier molecular flexibility index (Phi) is 6.03. The van der Waals surface area contributed by atoms with Crippen LogP contribution in [0.15, 0.2) is 0 Å².